The van der Waals surface area contributed by atoms with E-state index in [0.29, 0.717) is 25.5 Å². The number of hydrogen-bond donors (Lipinski definition) is 1. The molecule has 1 fully saturated rings. The maximum absolute atomic E-state index is 12.6. The molecule has 1 amide bonds. The van der Waals surface area contributed by atoms with Crippen LogP contribution in [0.3, 0.4) is 0 Å². The van der Waals surface area contributed by atoms with Crippen LogP contribution in [0.4, 0.5) is 5.69 Å². The van der Waals surface area contributed by atoms with Crippen LogP contribution in [0.15, 0.2) is 72.2 Å². The standard InChI is InChI=1S/C22H21N5O2/c28-21-20(12-16-4-2-1-3-5-16)27-14-17-13-18(6-7-19(17)24-22(27)25-21)29-11-10-26-9-8-23-15-26/h1-9,13,15,20H,10-12,14H2,(H,24,25,28). The second kappa shape index (κ2) is 7.43. The summed E-state index contributed by atoms with van der Waals surface area (Å²) in [5.41, 5.74) is 3.07. The monoisotopic (exact) mass is 387 g/mol. The molecule has 1 atom stereocenters. The molecule has 146 valence electrons. The number of nitrogens with zero attached hydrogens (tertiary/aromatic N) is 4. The predicted molar refractivity (Wildman–Crippen MR) is 109 cm³/mol. The first-order valence-corrected chi connectivity index (χ1v) is 9.68. The summed E-state index contributed by atoms with van der Waals surface area (Å²) in [7, 11) is 0. The molecule has 0 bridgehead atoms. The largest absolute Gasteiger partial charge is 0.492 e. The summed E-state index contributed by atoms with van der Waals surface area (Å²) in [5.74, 6) is 1.44. The van der Waals surface area contributed by atoms with Crippen molar-refractivity contribution in [2.75, 3.05) is 6.61 Å². The van der Waals surface area contributed by atoms with Crippen molar-refractivity contribution >= 4 is 17.6 Å². The van der Waals surface area contributed by atoms with Gasteiger partial charge in [0, 0.05) is 30.9 Å². The number of aliphatic imine (C=N–C) groups is 1. The van der Waals surface area contributed by atoms with E-state index >= 15 is 0 Å². The molecule has 2 aromatic carbocycles. The molecule has 0 spiro atoms. The Hall–Kier alpha value is -3.61. The highest BCUT2D eigenvalue weighted by Crippen LogP contribution is 2.32. The Morgan fingerprint density at radius 2 is 2.07 bits per heavy atom. The van der Waals surface area contributed by atoms with Gasteiger partial charge in [-0.3, -0.25) is 10.1 Å². The minimum absolute atomic E-state index is 0.00258. The minimum atomic E-state index is -0.255. The summed E-state index contributed by atoms with van der Waals surface area (Å²) < 4.78 is 7.88. The first-order valence-electron chi connectivity index (χ1n) is 9.68. The summed E-state index contributed by atoms with van der Waals surface area (Å²) in [5, 5.41) is 2.93. The molecule has 29 heavy (non-hydrogen) atoms. The van der Waals surface area contributed by atoms with Gasteiger partial charge in [0.1, 0.15) is 18.4 Å². The number of carbonyl (C=O) groups is 1. The molecule has 1 unspecified atom stereocenters. The van der Waals surface area contributed by atoms with Crippen LogP contribution in [-0.4, -0.2) is 39.0 Å². The number of aromatic nitrogens is 2. The highest BCUT2D eigenvalue weighted by Gasteiger charge is 2.39. The van der Waals surface area contributed by atoms with Gasteiger partial charge >= 0.3 is 0 Å². The molecule has 7 nitrogen and oxygen atoms in total. The van der Waals surface area contributed by atoms with Crippen molar-refractivity contribution in [1.29, 1.82) is 0 Å². The molecule has 3 aromatic rings. The van der Waals surface area contributed by atoms with Crippen LogP contribution in [0, 0.1) is 0 Å². The second-order valence-electron chi connectivity index (χ2n) is 7.20. The number of imidazole rings is 1. The van der Waals surface area contributed by atoms with Gasteiger partial charge in [0.05, 0.1) is 18.6 Å². The van der Waals surface area contributed by atoms with E-state index in [-0.39, 0.29) is 11.9 Å². The van der Waals surface area contributed by atoms with E-state index in [1.54, 1.807) is 12.5 Å². The van der Waals surface area contributed by atoms with Crippen molar-refractivity contribution in [1.82, 2.24) is 19.8 Å². The molecular formula is C22H21N5O2. The average molecular weight is 387 g/mol. The molecule has 0 radical (unpaired) electrons. The number of fused-ring (bicyclic) bond motifs is 2. The average Bonchev–Trinajstić information content (AvgIpc) is 3.35. The van der Waals surface area contributed by atoms with Gasteiger partial charge in [-0.2, -0.15) is 0 Å². The Bertz CT molecular complexity index is 1050. The van der Waals surface area contributed by atoms with Crippen LogP contribution in [0.1, 0.15) is 11.1 Å². The fourth-order valence-corrected chi connectivity index (χ4v) is 3.74. The molecule has 2 aliphatic rings. The first kappa shape index (κ1) is 17.5. The Balaban J connectivity index is 1.30. The number of nitrogens with one attached hydrogen (secondary N) is 1. The van der Waals surface area contributed by atoms with Crippen molar-refractivity contribution in [2.24, 2.45) is 4.99 Å². The van der Waals surface area contributed by atoms with Gasteiger partial charge in [0.25, 0.3) is 0 Å². The third-order valence-corrected chi connectivity index (χ3v) is 5.25. The molecule has 0 saturated carbocycles. The van der Waals surface area contributed by atoms with Gasteiger partial charge in [0.15, 0.2) is 0 Å². The highest BCUT2D eigenvalue weighted by atomic mass is 16.5. The van der Waals surface area contributed by atoms with Gasteiger partial charge in [-0.15, -0.1) is 0 Å². The van der Waals surface area contributed by atoms with Crippen LogP contribution in [0.5, 0.6) is 5.75 Å². The molecule has 2 aliphatic heterocycles. The van der Waals surface area contributed by atoms with Crippen LogP contribution in [0.25, 0.3) is 0 Å². The number of hydrogen-bond acceptors (Lipinski definition) is 5. The summed E-state index contributed by atoms with van der Waals surface area (Å²) in [6.45, 7) is 1.93. The normalized spacial score (nSPS) is 17.4. The molecule has 1 saturated heterocycles. The van der Waals surface area contributed by atoms with Crippen molar-refractivity contribution in [2.45, 2.75) is 25.6 Å². The number of carbonyl (C=O) groups excluding carboxylic acids is 1. The van der Waals surface area contributed by atoms with E-state index in [2.05, 4.69) is 15.3 Å². The maximum atomic E-state index is 12.6. The zero-order chi connectivity index (χ0) is 19.6. The second-order valence-corrected chi connectivity index (χ2v) is 7.20. The van der Waals surface area contributed by atoms with Crippen molar-refractivity contribution < 1.29 is 9.53 Å². The number of rotatable bonds is 6. The quantitative estimate of drug-likeness (QED) is 0.706. The van der Waals surface area contributed by atoms with Crippen molar-refractivity contribution in [3.63, 3.8) is 0 Å². The molecule has 0 aliphatic carbocycles. The van der Waals surface area contributed by atoms with Crippen LogP contribution < -0.4 is 10.1 Å². The Kier molecular flexibility index (Phi) is 4.48. The molecule has 3 heterocycles. The highest BCUT2D eigenvalue weighted by molar-refractivity contribution is 6.07. The van der Waals surface area contributed by atoms with Crippen molar-refractivity contribution in [3.05, 3.63) is 78.4 Å². The molecule has 7 heteroatoms. The summed E-state index contributed by atoms with van der Waals surface area (Å²) in [4.78, 5) is 23.3. The van der Waals surface area contributed by atoms with Crippen LogP contribution >= 0.6 is 0 Å². The molecule has 5 rings (SSSR count). The van der Waals surface area contributed by atoms with Gasteiger partial charge < -0.3 is 14.2 Å². The zero-order valence-electron chi connectivity index (χ0n) is 15.9. The van der Waals surface area contributed by atoms with E-state index in [0.717, 1.165) is 29.1 Å². The van der Waals surface area contributed by atoms with Gasteiger partial charge in [-0.05, 0) is 23.8 Å². The topological polar surface area (TPSA) is 71.7 Å². The van der Waals surface area contributed by atoms with E-state index in [1.807, 2.05) is 64.2 Å². The minimum Gasteiger partial charge on any atom is -0.492 e. The third-order valence-electron chi connectivity index (χ3n) is 5.25. The lowest BCUT2D eigenvalue weighted by molar-refractivity contribution is -0.121. The molecular weight excluding hydrogens is 366 g/mol. The van der Waals surface area contributed by atoms with Gasteiger partial charge in [-0.1, -0.05) is 30.3 Å². The lowest BCUT2D eigenvalue weighted by Gasteiger charge is -2.28. The fraction of sp³-hybridized carbons (Fsp3) is 0.227. The number of ether oxygens (including phenoxy) is 1. The Morgan fingerprint density at radius 1 is 1.17 bits per heavy atom. The number of guanidine groups is 1. The van der Waals surface area contributed by atoms with Crippen molar-refractivity contribution in [3.8, 4) is 5.75 Å². The Morgan fingerprint density at radius 3 is 2.90 bits per heavy atom. The van der Waals surface area contributed by atoms with E-state index in [1.165, 1.54) is 0 Å². The number of benzene rings is 2. The van der Waals surface area contributed by atoms with E-state index in [9.17, 15) is 4.79 Å². The number of amides is 1. The van der Waals surface area contributed by atoms with Crippen LogP contribution in [-0.2, 0) is 24.3 Å². The summed E-state index contributed by atoms with van der Waals surface area (Å²) in [6, 6.07) is 15.7. The van der Waals surface area contributed by atoms with E-state index in [4.69, 9.17) is 4.74 Å². The zero-order valence-corrected chi connectivity index (χ0v) is 15.9. The predicted octanol–water partition coefficient (Wildman–Crippen LogP) is 2.51. The SMILES string of the molecule is O=C1NC2=Nc3ccc(OCCn4ccnc4)cc3CN2C1Cc1ccccc1. The smallest absolute Gasteiger partial charge is 0.249 e. The lowest BCUT2D eigenvalue weighted by atomic mass is 10.0. The summed E-state index contributed by atoms with van der Waals surface area (Å²) >= 11 is 0. The molecule has 1 aromatic heterocycles. The van der Waals surface area contributed by atoms with Gasteiger partial charge in [-0.25, -0.2) is 9.98 Å². The lowest BCUT2D eigenvalue weighted by Crippen LogP contribution is -2.38. The Labute approximate surface area is 168 Å². The molecule has 1 N–H and O–H groups in total. The summed E-state index contributed by atoms with van der Waals surface area (Å²) in [6.07, 6.45) is 6.10. The fourth-order valence-electron chi connectivity index (χ4n) is 3.74. The van der Waals surface area contributed by atoms with Gasteiger partial charge in [0.2, 0.25) is 11.9 Å². The van der Waals surface area contributed by atoms with E-state index < -0.39 is 0 Å². The van der Waals surface area contributed by atoms with Crippen LogP contribution in [0.2, 0.25) is 0 Å². The first-order chi connectivity index (χ1) is 14.3. The third kappa shape index (κ3) is 3.59. The maximum Gasteiger partial charge on any atom is 0.249 e.